The van der Waals surface area contributed by atoms with Crippen LogP contribution in [0.1, 0.15) is 15.9 Å². The summed E-state index contributed by atoms with van der Waals surface area (Å²) in [6.45, 7) is 1.67. The number of ether oxygens (including phenoxy) is 1. The van der Waals surface area contributed by atoms with Gasteiger partial charge in [0.2, 0.25) is 0 Å². The van der Waals surface area contributed by atoms with Gasteiger partial charge in [0.15, 0.2) is 6.61 Å². The lowest BCUT2D eigenvalue weighted by molar-refractivity contribution is -0.118. The maximum Gasteiger partial charge on any atom is 0.262 e. The van der Waals surface area contributed by atoms with Crippen molar-refractivity contribution in [3.63, 3.8) is 0 Å². The molecule has 6 heteroatoms. The number of anilines is 1. The van der Waals surface area contributed by atoms with E-state index in [-0.39, 0.29) is 18.1 Å². The van der Waals surface area contributed by atoms with Gasteiger partial charge in [-0.2, -0.15) is 0 Å². The number of nitrogens with one attached hydrogen (secondary N) is 1. The van der Waals surface area contributed by atoms with E-state index >= 15 is 0 Å². The van der Waals surface area contributed by atoms with Crippen LogP contribution in [0.3, 0.4) is 0 Å². The molecule has 22 heavy (non-hydrogen) atoms. The highest BCUT2D eigenvalue weighted by Crippen LogP contribution is 2.20. The molecule has 2 rings (SSSR count). The van der Waals surface area contributed by atoms with Crippen molar-refractivity contribution in [1.82, 2.24) is 0 Å². The van der Waals surface area contributed by atoms with Gasteiger partial charge in [0.05, 0.1) is 5.56 Å². The highest BCUT2D eigenvalue weighted by atomic mass is 127. The van der Waals surface area contributed by atoms with Crippen molar-refractivity contribution in [2.24, 2.45) is 5.73 Å². The van der Waals surface area contributed by atoms with Crippen molar-refractivity contribution in [3.05, 3.63) is 57.2 Å². The van der Waals surface area contributed by atoms with Crippen LogP contribution in [-0.2, 0) is 4.79 Å². The molecule has 0 atom stereocenters. The summed E-state index contributed by atoms with van der Waals surface area (Å²) in [7, 11) is 0. The van der Waals surface area contributed by atoms with E-state index in [1.54, 1.807) is 30.3 Å². The number of rotatable bonds is 5. The second kappa shape index (κ2) is 7.26. The molecular formula is C16H15IN2O3. The quantitative estimate of drug-likeness (QED) is 0.744. The molecule has 0 heterocycles. The van der Waals surface area contributed by atoms with Crippen LogP contribution in [0.4, 0.5) is 5.69 Å². The Balaban J connectivity index is 2.00. The van der Waals surface area contributed by atoms with Crippen LogP contribution in [-0.4, -0.2) is 18.4 Å². The highest BCUT2D eigenvalue weighted by molar-refractivity contribution is 14.1. The van der Waals surface area contributed by atoms with Gasteiger partial charge in [0.25, 0.3) is 11.8 Å². The first kappa shape index (κ1) is 16.3. The molecule has 3 N–H and O–H groups in total. The topological polar surface area (TPSA) is 81.4 Å². The van der Waals surface area contributed by atoms with E-state index in [1.807, 2.05) is 19.1 Å². The van der Waals surface area contributed by atoms with Crippen molar-refractivity contribution in [1.29, 1.82) is 0 Å². The van der Waals surface area contributed by atoms with E-state index in [1.165, 1.54) is 0 Å². The van der Waals surface area contributed by atoms with Crippen LogP contribution >= 0.6 is 22.6 Å². The van der Waals surface area contributed by atoms with Crippen molar-refractivity contribution in [2.75, 3.05) is 11.9 Å². The number of hydrogen-bond acceptors (Lipinski definition) is 3. The number of aryl methyl sites for hydroxylation is 1. The molecule has 0 unspecified atom stereocenters. The van der Waals surface area contributed by atoms with Gasteiger partial charge in [0, 0.05) is 9.26 Å². The van der Waals surface area contributed by atoms with Crippen LogP contribution < -0.4 is 15.8 Å². The highest BCUT2D eigenvalue weighted by Gasteiger charge is 2.11. The monoisotopic (exact) mass is 410 g/mol. The third-order valence-electron chi connectivity index (χ3n) is 2.89. The normalized spacial score (nSPS) is 10.1. The molecular weight excluding hydrogens is 395 g/mol. The van der Waals surface area contributed by atoms with Gasteiger partial charge in [-0.15, -0.1) is 0 Å². The zero-order valence-electron chi connectivity index (χ0n) is 11.9. The van der Waals surface area contributed by atoms with Crippen molar-refractivity contribution in [3.8, 4) is 5.75 Å². The minimum Gasteiger partial charge on any atom is -0.483 e. The van der Waals surface area contributed by atoms with Crippen LogP contribution in [0.5, 0.6) is 5.75 Å². The fourth-order valence-corrected chi connectivity index (χ4v) is 2.19. The summed E-state index contributed by atoms with van der Waals surface area (Å²) in [4.78, 5) is 23.2. The van der Waals surface area contributed by atoms with Gasteiger partial charge in [-0.05, 0) is 71.5 Å². The second-order valence-corrected chi connectivity index (χ2v) is 5.95. The lowest BCUT2D eigenvalue weighted by atomic mass is 10.1. The average Bonchev–Trinajstić information content (AvgIpc) is 2.47. The maximum absolute atomic E-state index is 11.9. The Labute approximate surface area is 142 Å². The Hall–Kier alpha value is -2.09. The largest absolute Gasteiger partial charge is 0.483 e. The van der Waals surface area contributed by atoms with E-state index in [0.717, 1.165) is 9.13 Å². The molecule has 0 saturated carbocycles. The molecule has 0 aliphatic heterocycles. The average molecular weight is 410 g/mol. The summed E-state index contributed by atoms with van der Waals surface area (Å²) in [6.07, 6.45) is 0. The fraction of sp³-hybridized carbons (Fsp3) is 0.125. The predicted octanol–water partition coefficient (Wildman–Crippen LogP) is 2.72. The molecule has 2 amide bonds. The molecule has 0 spiro atoms. The van der Waals surface area contributed by atoms with Crippen LogP contribution in [0, 0.1) is 10.5 Å². The molecule has 5 nitrogen and oxygen atoms in total. The van der Waals surface area contributed by atoms with E-state index in [9.17, 15) is 9.59 Å². The number of carbonyl (C=O) groups excluding carboxylic acids is 2. The van der Waals surface area contributed by atoms with E-state index in [4.69, 9.17) is 10.5 Å². The minimum atomic E-state index is -0.590. The van der Waals surface area contributed by atoms with Crippen molar-refractivity contribution >= 4 is 40.1 Å². The molecule has 2 aromatic rings. The molecule has 0 aromatic heterocycles. The third-order valence-corrected chi connectivity index (χ3v) is 3.61. The summed E-state index contributed by atoms with van der Waals surface area (Å²) in [5, 5.41) is 2.72. The van der Waals surface area contributed by atoms with Crippen molar-refractivity contribution in [2.45, 2.75) is 6.92 Å². The number of hydrogen-bond donors (Lipinski definition) is 2. The first-order valence-electron chi connectivity index (χ1n) is 6.54. The predicted molar refractivity (Wildman–Crippen MR) is 93.0 cm³/mol. The first-order chi connectivity index (χ1) is 10.5. The lowest BCUT2D eigenvalue weighted by Gasteiger charge is -2.11. The molecule has 0 fully saturated rings. The van der Waals surface area contributed by atoms with Crippen LogP contribution in [0.2, 0.25) is 0 Å². The van der Waals surface area contributed by atoms with Crippen LogP contribution in [0.25, 0.3) is 0 Å². The minimum absolute atomic E-state index is 0.199. The zero-order valence-corrected chi connectivity index (χ0v) is 14.1. The van der Waals surface area contributed by atoms with Gasteiger partial charge in [0.1, 0.15) is 5.75 Å². The van der Waals surface area contributed by atoms with Gasteiger partial charge in [-0.1, -0.05) is 6.07 Å². The van der Waals surface area contributed by atoms with Gasteiger partial charge >= 0.3 is 0 Å². The van der Waals surface area contributed by atoms with E-state index < -0.39 is 5.91 Å². The smallest absolute Gasteiger partial charge is 0.262 e. The fourth-order valence-electron chi connectivity index (χ4n) is 1.83. The van der Waals surface area contributed by atoms with Gasteiger partial charge < -0.3 is 15.8 Å². The molecule has 114 valence electrons. The lowest BCUT2D eigenvalue weighted by Crippen LogP contribution is -2.21. The third kappa shape index (κ3) is 4.45. The Morgan fingerprint density at radius 3 is 2.50 bits per heavy atom. The first-order valence-corrected chi connectivity index (χ1v) is 7.62. The van der Waals surface area contributed by atoms with E-state index in [2.05, 4.69) is 27.9 Å². The molecule has 0 saturated heterocycles. The number of carbonyl (C=O) groups is 2. The standard InChI is InChI=1S/C16H15IN2O3/c1-10-2-7-13(16(18)21)14(8-10)22-9-15(20)19-12-5-3-11(17)4-6-12/h2-8H,9H2,1H3,(H2,18,21)(H,19,20). The van der Waals surface area contributed by atoms with Gasteiger partial charge in [-0.25, -0.2) is 0 Å². The second-order valence-electron chi connectivity index (χ2n) is 4.71. The summed E-state index contributed by atoms with van der Waals surface area (Å²) in [5.74, 6) is -0.587. The Morgan fingerprint density at radius 1 is 1.18 bits per heavy atom. The summed E-state index contributed by atoms with van der Waals surface area (Å²) >= 11 is 2.19. The zero-order chi connectivity index (χ0) is 16.1. The summed E-state index contributed by atoms with van der Waals surface area (Å²) < 4.78 is 6.50. The van der Waals surface area contributed by atoms with Crippen molar-refractivity contribution < 1.29 is 14.3 Å². The molecule has 2 aromatic carbocycles. The number of amides is 2. The maximum atomic E-state index is 11.9. The number of halogens is 1. The molecule has 0 aliphatic rings. The summed E-state index contributed by atoms with van der Waals surface area (Å²) in [5.41, 5.74) is 7.15. The summed E-state index contributed by atoms with van der Waals surface area (Å²) in [6, 6.07) is 12.4. The molecule has 0 bridgehead atoms. The molecule has 0 radical (unpaired) electrons. The number of benzene rings is 2. The Kier molecular flexibility index (Phi) is 5.37. The Bertz CT molecular complexity index is 699. The number of nitrogens with two attached hydrogens (primary N) is 1. The number of primary amides is 1. The molecule has 0 aliphatic carbocycles. The van der Waals surface area contributed by atoms with Gasteiger partial charge in [-0.3, -0.25) is 9.59 Å². The SMILES string of the molecule is Cc1ccc(C(N)=O)c(OCC(=O)Nc2ccc(I)cc2)c1. The Morgan fingerprint density at radius 2 is 1.86 bits per heavy atom. The van der Waals surface area contributed by atoms with Crippen LogP contribution in [0.15, 0.2) is 42.5 Å². The van der Waals surface area contributed by atoms with E-state index in [0.29, 0.717) is 11.4 Å².